The fourth-order valence-electron chi connectivity index (χ4n) is 2.52. The van der Waals surface area contributed by atoms with E-state index in [1.165, 1.54) is 7.11 Å². The molecule has 6 nitrogen and oxygen atoms in total. The van der Waals surface area contributed by atoms with Crippen molar-refractivity contribution in [3.05, 3.63) is 12.1 Å². The quantitative estimate of drug-likeness (QED) is 0.865. The summed E-state index contributed by atoms with van der Waals surface area (Å²) in [6.07, 6.45) is 1.70. The van der Waals surface area contributed by atoms with E-state index in [1.807, 2.05) is 0 Å². The molecule has 0 saturated carbocycles. The van der Waals surface area contributed by atoms with Gasteiger partial charge in [0, 0.05) is 5.92 Å². The molecule has 1 saturated heterocycles. The van der Waals surface area contributed by atoms with Crippen molar-refractivity contribution in [1.29, 1.82) is 0 Å². The van der Waals surface area contributed by atoms with Crippen LogP contribution in [0.5, 0.6) is 17.2 Å². The number of ether oxygens (including phenoxy) is 3. The van der Waals surface area contributed by atoms with Gasteiger partial charge in [-0.05, 0) is 38.1 Å². The lowest BCUT2D eigenvalue weighted by Gasteiger charge is -2.23. The van der Waals surface area contributed by atoms with E-state index < -0.39 is 0 Å². The van der Waals surface area contributed by atoms with Gasteiger partial charge >= 0.3 is 0 Å². The summed E-state index contributed by atoms with van der Waals surface area (Å²) in [6.45, 7) is 1.75. The van der Waals surface area contributed by atoms with E-state index in [0.29, 0.717) is 22.9 Å². The SMILES string of the molecule is COc1ccc(NC(=O)C2CCNCC2)c(OC)c1OC.Cl. The number of hydrogen-bond donors (Lipinski definition) is 2. The molecule has 0 spiro atoms. The second kappa shape index (κ2) is 8.70. The summed E-state index contributed by atoms with van der Waals surface area (Å²) in [7, 11) is 4.64. The van der Waals surface area contributed by atoms with E-state index in [0.717, 1.165) is 25.9 Å². The minimum absolute atomic E-state index is 0. The zero-order valence-corrected chi connectivity index (χ0v) is 13.9. The molecule has 1 aliphatic heterocycles. The molecule has 1 heterocycles. The highest BCUT2D eigenvalue weighted by atomic mass is 35.5. The summed E-state index contributed by atoms with van der Waals surface area (Å²) < 4.78 is 15.9. The van der Waals surface area contributed by atoms with Crippen molar-refractivity contribution in [2.75, 3.05) is 39.7 Å². The number of benzene rings is 1. The lowest BCUT2D eigenvalue weighted by atomic mass is 9.97. The largest absolute Gasteiger partial charge is 0.493 e. The van der Waals surface area contributed by atoms with Gasteiger partial charge in [-0.3, -0.25) is 4.79 Å². The van der Waals surface area contributed by atoms with E-state index in [2.05, 4.69) is 10.6 Å². The summed E-state index contributed by atoms with van der Waals surface area (Å²) in [4.78, 5) is 12.3. The van der Waals surface area contributed by atoms with Gasteiger partial charge in [-0.2, -0.15) is 0 Å². The van der Waals surface area contributed by atoms with Gasteiger partial charge in [0.15, 0.2) is 11.5 Å². The van der Waals surface area contributed by atoms with Gasteiger partial charge < -0.3 is 24.8 Å². The standard InChI is InChI=1S/C15H22N2O4.ClH/c1-19-12-5-4-11(13(20-2)14(12)21-3)17-15(18)10-6-8-16-9-7-10;/h4-5,10,16H,6-9H2,1-3H3,(H,17,18);1H. The number of piperidine rings is 1. The average Bonchev–Trinajstić information content (AvgIpc) is 2.54. The number of nitrogens with one attached hydrogen (secondary N) is 2. The van der Waals surface area contributed by atoms with E-state index in [4.69, 9.17) is 14.2 Å². The topological polar surface area (TPSA) is 68.8 Å². The van der Waals surface area contributed by atoms with Crippen LogP contribution in [0.1, 0.15) is 12.8 Å². The smallest absolute Gasteiger partial charge is 0.227 e. The lowest BCUT2D eigenvalue weighted by molar-refractivity contribution is -0.120. The Bertz CT molecular complexity index is 505. The molecule has 2 rings (SSSR count). The Morgan fingerprint density at radius 1 is 1.09 bits per heavy atom. The second-order valence-electron chi connectivity index (χ2n) is 4.90. The molecule has 1 fully saturated rings. The Morgan fingerprint density at radius 3 is 2.27 bits per heavy atom. The number of hydrogen-bond acceptors (Lipinski definition) is 5. The number of rotatable bonds is 5. The molecule has 1 aromatic carbocycles. The summed E-state index contributed by atoms with van der Waals surface area (Å²) in [5, 5.41) is 6.18. The Balaban J connectivity index is 0.00000242. The van der Waals surface area contributed by atoms with Crippen molar-refractivity contribution in [2.24, 2.45) is 5.92 Å². The van der Waals surface area contributed by atoms with Crippen LogP contribution >= 0.6 is 12.4 Å². The minimum Gasteiger partial charge on any atom is -0.493 e. The number of anilines is 1. The Labute approximate surface area is 136 Å². The van der Waals surface area contributed by atoms with Crippen LogP contribution in [0.25, 0.3) is 0 Å². The van der Waals surface area contributed by atoms with Crippen molar-refractivity contribution in [2.45, 2.75) is 12.8 Å². The van der Waals surface area contributed by atoms with Crippen molar-refractivity contribution in [3.63, 3.8) is 0 Å². The fourth-order valence-corrected chi connectivity index (χ4v) is 2.52. The highest BCUT2D eigenvalue weighted by Gasteiger charge is 2.23. The predicted molar refractivity (Wildman–Crippen MR) is 87.6 cm³/mol. The molecule has 0 aliphatic carbocycles. The van der Waals surface area contributed by atoms with Gasteiger partial charge in [-0.25, -0.2) is 0 Å². The van der Waals surface area contributed by atoms with Crippen LogP contribution in [0, 0.1) is 5.92 Å². The lowest BCUT2D eigenvalue weighted by Crippen LogP contribution is -2.34. The molecule has 0 radical (unpaired) electrons. The second-order valence-corrected chi connectivity index (χ2v) is 4.90. The third-order valence-corrected chi connectivity index (χ3v) is 3.67. The Morgan fingerprint density at radius 2 is 1.73 bits per heavy atom. The molecule has 1 amide bonds. The monoisotopic (exact) mass is 330 g/mol. The molecule has 1 aromatic rings. The van der Waals surface area contributed by atoms with Gasteiger partial charge in [-0.1, -0.05) is 0 Å². The summed E-state index contributed by atoms with van der Waals surface area (Å²) >= 11 is 0. The van der Waals surface area contributed by atoms with Crippen LogP contribution in [0.2, 0.25) is 0 Å². The molecule has 22 heavy (non-hydrogen) atoms. The van der Waals surface area contributed by atoms with E-state index in [1.54, 1.807) is 26.4 Å². The van der Waals surface area contributed by atoms with Crippen LogP contribution in [0.3, 0.4) is 0 Å². The fraction of sp³-hybridized carbons (Fsp3) is 0.533. The highest BCUT2D eigenvalue weighted by Crippen LogP contribution is 2.42. The molecule has 2 N–H and O–H groups in total. The van der Waals surface area contributed by atoms with Crippen LogP contribution in [0.4, 0.5) is 5.69 Å². The highest BCUT2D eigenvalue weighted by molar-refractivity contribution is 5.95. The molecule has 7 heteroatoms. The third kappa shape index (κ3) is 3.96. The normalized spacial score (nSPS) is 14.7. The number of methoxy groups -OCH3 is 3. The zero-order chi connectivity index (χ0) is 15.2. The van der Waals surface area contributed by atoms with Crippen LogP contribution in [0.15, 0.2) is 12.1 Å². The predicted octanol–water partition coefficient (Wildman–Crippen LogP) is 2.07. The van der Waals surface area contributed by atoms with E-state index in [-0.39, 0.29) is 24.2 Å². The summed E-state index contributed by atoms with van der Waals surface area (Å²) in [5.74, 6) is 1.56. The van der Waals surface area contributed by atoms with Crippen molar-refractivity contribution >= 4 is 24.0 Å². The molecular formula is C15H23ClN2O4. The van der Waals surface area contributed by atoms with Crippen molar-refractivity contribution < 1.29 is 19.0 Å². The third-order valence-electron chi connectivity index (χ3n) is 3.67. The number of halogens is 1. The molecular weight excluding hydrogens is 308 g/mol. The van der Waals surface area contributed by atoms with Gasteiger partial charge in [0.1, 0.15) is 0 Å². The molecule has 0 unspecified atom stereocenters. The summed E-state index contributed by atoms with van der Waals surface area (Å²) in [6, 6.07) is 3.51. The number of carbonyl (C=O) groups excluding carboxylic acids is 1. The Kier molecular flexibility index (Phi) is 7.27. The first kappa shape index (κ1) is 18.4. The van der Waals surface area contributed by atoms with Crippen LogP contribution in [-0.2, 0) is 4.79 Å². The van der Waals surface area contributed by atoms with Crippen molar-refractivity contribution in [3.8, 4) is 17.2 Å². The van der Waals surface area contributed by atoms with E-state index in [9.17, 15) is 4.79 Å². The van der Waals surface area contributed by atoms with Crippen molar-refractivity contribution in [1.82, 2.24) is 5.32 Å². The average molecular weight is 331 g/mol. The maximum Gasteiger partial charge on any atom is 0.227 e. The maximum absolute atomic E-state index is 12.3. The number of amides is 1. The number of carbonyl (C=O) groups is 1. The van der Waals surface area contributed by atoms with E-state index >= 15 is 0 Å². The molecule has 1 aliphatic rings. The van der Waals surface area contributed by atoms with Crippen LogP contribution in [-0.4, -0.2) is 40.3 Å². The van der Waals surface area contributed by atoms with Crippen LogP contribution < -0.4 is 24.8 Å². The van der Waals surface area contributed by atoms with Gasteiger partial charge in [0.25, 0.3) is 0 Å². The zero-order valence-electron chi connectivity index (χ0n) is 13.1. The summed E-state index contributed by atoms with van der Waals surface area (Å²) in [5.41, 5.74) is 0.596. The minimum atomic E-state index is 0. The van der Waals surface area contributed by atoms with Gasteiger partial charge in [0.2, 0.25) is 11.7 Å². The first-order chi connectivity index (χ1) is 10.2. The molecule has 0 atom stereocenters. The molecule has 0 aromatic heterocycles. The Hall–Kier alpha value is -1.66. The molecule has 0 bridgehead atoms. The first-order valence-corrected chi connectivity index (χ1v) is 7.01. The maximum atomic E-state index is 12.3. The van der Waals surface area contributed by atoms with Gasteiger partial charge in [-0.15, -0.1) is 12.4 Å². The first-order valence-electron chi connectivity index (χ1n) is 7.01. The van der Waals surface area contributed by atoms with Gasteiger partial charge in [0.05, 0.1) is 27.0 Å². The molecule has 124 valence electrons.